The van der Waals surface area contributed by atoms with Crippen LogP contribution in [0, 0.1) is 0 Å². The molecule has 0 aliphatic rings. The highest BCUT2D eigenvalue weighted by molar-refractivity contribution is 7.12. The quantitative estimate of drug-likeness (QED) is 0.701. The molecule has 1 aromatic rings. The topological polar surface area (TPSA) is 84.2 Å². The molecule has 0 saturated carbocycles. The molecule has 0 bridgehead atoms. The summed E-state index contributed by atoms with van der Waals surface area (Å²) >= 11 is 1.34. The highest BCUT2D eigenvalue weighted by Crippen LogP contribution is 2.09. The number of carbonyl (C=O) groups is 2. The van der Waals surface area contributed by atoms with Crippen LogP contribution in [-0.2, 0) is 4.79 Å². The van der Waals surface area contributed by atoms with Crippen LogP contribution in [0.1, 0.15) is 36.4 Å². The van der Waals surface area contributed by atoms with Crippen LogP contribution < -0.4 is 16.4 Å². The predicted molar refractivity (Wildman–Crippen MR) is 77.2 cm³/mol. The molecular weight excluding hydrogens is 262 g/mol. The second kappa shape index (κ2) is 7.25. The van der Waals surface area contributed by atoms with Gasteiger partial charge in [-0.05, 0) is 24.3 Å². The zero-order chi connectivity index (χ0) is 14.3. The normalized spacial score (nSPS) is 11.1. The van der Waals surface area contributed by atoms with Crippen molar-refractivity contribution in [1.29, 1.82) is 0 Å². The molecule has 0 unspecified atom stereocenters. The molecule has 19 heavy (non-hydrogen) atoms. The smallest absolute Gasteiger partial charge is 0.261 e. The van der Waals surface area contributed by atoms with Crippen LogP contribution in [0.5, 0.6) is 0 Å². The first-order valence-corrected chi connectivity index (χ1v) is 7.26. The molecule has 0 spiro atoms. The largest absolute Gasteiger partial charge is 0.353 e. The van der Waals surface area contributed by atoms with Crippen molar-refractivity contribution in [1.82, 2.24) is 10.6 Å². The van der Waals surface area contributed by atoms with E-state index in [2.05, 4.69) is 10.6 Å². The van der Waals surface area contributed by atoms with Crippen molar-refractivity contribution in [2.45, 2.75) is 32.2 Å². The van der Waals surface area contributed by atoms with Gasteiger partial charge in [-0.25, -0.2) is 0 Å². The van der Waals surface area contributed by atoms with E-state index in [4.69, 9.17) is 5.73 Å². The number of nitrogens with two attached hydrogens (primary N) is 1. The van der Waals surface area contributed by atoms with E-state index in [0.29, 0.717) is 11.4 Å². The van der Waals surface area contributed by atoms with Gasteiger partial charge in [-0.3, -0.25) is 9.59 Å². The van der Waals surface area contributed by atoms with Crippen LogP contribution in [0.15, 0.2) is 17.5 Å². The van der Waals surface area contributed by atoms with E-state index < -0.39 is 0 Å². The third-order valence-corrected chi connectivity index (χ3v) is 4.07. The Morgan fingerprint density at radius 2 is 2.00 bits per heavy atom. The lowest BCUT2D eigenvalue weighted by Crippen LogP contribution is -2.50. The van der Waals surface area contributed by atoms with Gasteiger partial charge >= 0.3 is 0 Å². The molecule has 0 fully saturated rings. The summed E-state index contributed by atoms with van der Waals surface area (Å²) in [5, 5.41) is 7.15. The Morgan fingerprint density at radius 3 is 2.53 bits per heavy atom. The van der Waals surface area contributed by atoms with Crippen molar-refractivity contribution < 1.29 is 9.59 Å². The van der Waals surface area contributed by atoms with Crippen LogP contribution in [0.25, 0.3) is 0 Å². The van der Waals surface area contributed by atoms with Crippen LogP contribution in [0.3, 0.4) is 0 Å². The molecule has 1 aromatic heterocycles. The molecule has 0 aromatic carbocycles. The summed E-state index contributed by atoms with van der Waals surface area (Å²) in [7, 11) is 0. The van der Waals surface area contributed by atoms with Gasteiger partial charge in [0.25, 0.3) is 5.91 Å². The number of amides is 2. The predicted octanol–water partition coefficient (Wildman–Crippen LogP) is 1.11. The molecule has 0 aliphatic carbocycles. The van der Waals surface area contributed by atoms with Gasteiger partial charge in [0.05, 0.1) is 11.4 Å². The number of nitrogens with one attached hydrogen (secondary N) is 2. The minimum atomic E-state index is -0.368. The molecule has 4 N–H and O–H groups in total. The average Bonchev–Trinajstić information content (AvgIpc) is 2.96. The van der Waals surface area contributed by atoms with Crippen molar-refractivity contribution in [2.75, 3.05) is 13.1 Å². The maximum absolute atomic E-state index is 11.6. The van der Waals surface area contributed by atoms with E-state index in [9.17, 15) is 9.59 Å². The monoisotopic (exact) mass is 283 g/mol. The Bertz CT molecular complexity index is 414. The Labute approximate surface area is 117 Å². The van der Waals surface area contributed by atoms with Gasteiger partial charge < -0.3 is 16.4 Å². The first-order chi connectivity index (χ1) is 9.00. The first-order valence-electron chi connectivity index (χ1n) is 6.38. The SMILES string of the molecule is CCC(N)(CC)CNC(=O)CNC(=O)c1cccs1. The van der Waals surface area contributed by atoms with Crippen molar-refractivity contribution in [3.8, 4) is 0 Å². The Hall–Kier alpha value is -1.40. The van der Waals surface area contributed by atoms with Gasteiger partial charge in [0.15, 0.2) is 0 Å². The second-order valence-corrected chi connectivity index (χ2v) is 5.45. The molecule has 0 aliphatic heterocycles. The summed E-state index contributed by atoms with van der Waals surface area (Å²) in [5.74, 6) is -0.447. The van der Waals surface area contributed by atoms with Crippen LogP contribution in [0.2, 0.25) is 0 Å². The van der Waals surface area contributed by atoms with Gasteiger partial charge in [0, 0.05) is 12.1 Å². The van der Waals surface area contributed by atoms with Crippen LogP contribution in [0.4, 0.5) is 0 Å². The molecule has 2 amide bonds. The Morgan fingerprint density at radius 1 is 1.32 bits per heavy atom. The standard InChI is InChI=1S/C13H21N3O2S/c1-3-13(14,4-2)9-16-11(17)8-15-12(18)10-6-5-7-19-10/h5-7H,3-4,8-9,14H2,1-2H3,(H,15,18)(H,16,17). The summed E-state index contributed by atoms with van der Waals surface area (Å²) in [6.07, 6.45) is 1.59. The number of carbonyl (C=O) groups excluding carboxylic acids is 2. The fraction of sp³-hybridized carbons (Fsp3) is 0.538. The number of thiophene rings is 1. The Kier molecular flexibility index (Phi) is 5.98. The minimum absolute atomic E-state index is 0.0275. The van der Waals surface area contributed by atoms with Crippen molar-refractivity contribution >= 4 is 23.2 Å². The first kappa shape index (κ1) is 15.7. The summed E-state index contributed by atoms with van der Waals surface area (Å²) in [4.78, 5) is 23.8. The van der Waals surface area contributed by atoms with Crippen molar-refractivity contribution in [3.63, 3.8) is 0 Å². The summed E-state index contributed by atoms with van der Waals surface area (Å²) in [6.45, 7) is 4.39. The van der Waals surface area contributed by atoms with Gasteiger partial charge in [-0.2, -0.15) is 0 Å². The van der Waals surface area contributed by atoms with Crippen molar-refractivity contribution in [2.24, 2.45) is 5.73 Å². The van der Waals surface area contributed by atoms with E-state index in [1.807, 2.05) is 19.2 Å². The van der Waals surface area contributed by atoms with Gasteiger partial charge in [-0.1, -0.05) is 19.9 Å². The van der Waals surface area contributed by atoms with E-state index in [0.717, 1.165) is 12.8 Å². The molecule has 0 atom stereocenters. The van der Waals surface area contributed by atoms with E-state index >= 15 is 0 Å². The summed E-state index contributed by atoms with van der Waals surface area (Å²) < 4.78 is 0. The second-order valence-electron chi connectivity index (χ2n) is 4.51. The maximum atomic E-state index is 11.6. The summed E-state index contributed by atoms with van der Waals surface area (Å²) in [6, 6.07) is 3.52. The molecule has 6 heteroatoms. The fourth-order valence-electron chi connectivity index (χ4n) is 1.49. The number of hydrogen-bond acceptors (Lipinski definition) is 4. The molecular formula is C13H21N3O2S. The third-order valence-electron chi connectivity index (χ3n) is 3.20. The number of hydrogen-bond donors (Lipinski definition) is 3. The van der Waals surface area contributed by atoms with Crippen molar-refractivity contribution in [3.05, 3.63) is 22.4 Å². The van der Waals surface area contributed by atoms with E-state index in [1.54, 1.807) is 12.1 Å². The van der Waals surface area contributed by atoms with Gasteiger partial charge in [-0.15, -0.1) is 11.3 Å². The fourth-order valence-corrected chi connectivity index (χ4v) is 2.13. The lowest BCUT2D eigenvalue weighted by Gasteiger charge is -2.26. The molecule has 106 valence electrons. The minimum Gasteiger partial charge on any atom is -0.353 e. The summed E-state index contributed by atoms with van der Waals surface area (Å²) in [5.41, 5.74) is 5.71. The maximum Gasteiger partial charge on any atom is 0.261 e. The molecule has 0 saturated heterocycles. The zero-order valence-electron chi connectivity index (χ0n) is 11.4. The van der Waals surface area contributed by atoms with Gasteiger partial charge in [0.2, 0.25) is 5.91 Å². The highest BCUT2D eigenvalue weighted by Gasteiger charge is 2.20. The lowest BCUT2D eigenvalue weighted by atomic mass is 9.94. The van der Waals surface area contributed by atoms with E-state index in [1.165, 1.54) is 11.3 Å². The van der Waals surface area contributed by atoms with Crippen LogP contribution in [-0.4, -0.2) is 30.4 Å². The third kappa shape index (κ3) is 5.00. The lowest BCUT2D eigenvalue weighted by molar-refractivity contribution is -0.120. The highest BCUT2D eigenvalue weighted by atomic mass is 32.1. The average molecular weight is 283 g/mol. The van der Waals surface area contributed by atoms with E-state index in [-0.39, 0.29) is 23.9 Å². The molecule has 5 nitrogen and oxygen atoms in total. The zero-order valence-corrected chi connectivity index (χ0v) is 12.2. The Balaban J connectivity index is 2.30. The number of rotatable bonds is 7. The van der Waals surface area contributed by atoms with Gasteiger partial charge in [0.1, 0.15) is 0 Å². The molecule has 1 heterocycles. The molecule has 0 radical (unpaired) electrons. The van der Waals surface area contributed by atoms with Crippen LogP contribution >= 0.6 is 11.3 Å². The molecule has 1 rings (SSSR count).